The summed E-state index contributed by atoms with van der Waals surface area (Å²) in [6.07, 6.45) is 4.56. The molecule has 53 heavy (non-hydrogen) atoms. The molecular weight excluding hydrogens is 707 g/mol. The molecule has 7 N–H and O–H groups in total. The number of carbonyl (C=O) groups excluding carboxylic acids is 2. The maximum absolute atomic E-state index is 16.0. The summed E-state index contributed by atoms with van der Waals surface area (Å²) >= 11 is 0. The Kier molecular flexibility index (Phi) is 14.1. The Hall–Kier alpha value is -3.35. The maximum Gasteiger partial charge on any atom is 0.292 e. The van der Waals surface area contributed by atoms with E-state index in [0.717, 1.165) is 32.5 Å². The van der Waals surface area contributed by atoms with Crippen LogP contribution in [0.25, 0.3) is 0 Å². The van der Waals surface area contributed by atoms with Gasteiger partial charge in [0.15, 0.2) is 0 Å². The van der Waals surface area contributed by atoms with Crippen LogP contribution in [0.15, 0.2) is 35.2 Å². The number of benzene rings is 1. The monoisotopic (exact) mass is 762 g/mol. The zero-order valence-electron chi connectivity index (χ0n) is 30.8. The lowest BCUT2D eigenvalue weighted by molar-refractivity contribution is -0.123. The highest BCUT2D eigenvalue weighted by Gasteiger charge is 2.45. The van der Waals surface area contributed by atoms with E-state index in [1.807, 2.05) is 0 Å². The summed E-state index contributed by atoms with van der Waals surface area (Å²) in [6.45, 7) is 6.53. The summed E-state index contributed by atoms with van der Waals surface area (Å²) in [6, 6.07) is 7.13. The summed E-state index contributed by atoms with van der Waals surface area (Å²) in [4.78, 5) is 39.3. The minimum atomic E-state index is -3.83. The molecule has 1 aromatic carbocycles. The van der Waals surface area contributed by atoms with Gasteiger partial charge in [-0.15, -0.1) is 0 Å². The lowest BCUT2D eigenvalue weighted by Gasteiger charge is -2.35. The topological polar surface area (TPSA) is 197 Å². The first-order valence-corrected chi connectivity index (χ1v) is 20.3. The number of nitrogens with one attached hydrogen (secondary N) is 1. The molecule has 1 aromatic heterocycles. The second-order valence-corrected chi connectivity index (χ2v) is 16.5. The fourth-order valence-corrected chi connectivity index (χ4v) is 8.89. The van der Waals surface area contributed by atoms with E-state index in [1.165, 1.54) is 22.5 Å². The molecule has 0 radical (unpaired) electrons. The second-order valence-electron chi connectivity index (χ2n) is 14.5. The van der Waals surface area contributed by atoms with E-state index in [-0.39, 0.29) is 85.9 Å². The van der Waals surface area contributed by atoms with E-state index in [4.69, 9.17) is 17.2 Å². The van der Waals surface area contributed by atoms with Gasteiger partial charge in [0, 0.05) is 74.9 Å². The molecule has 3 heterocycles. The van der Waals surface area contributed by atoms with Crippen molar-refractivity contribution in [1.29, 1.82) is 0 Å². The van der Waals surface area contributed by atoms with E-state index in [9.17, 15) is 18.0 Å². The number of nitrogens with two attached hydrogens (primary N) is 3. The number of hydrogen-bond acceptors (Lipinski definition) is 11. The third-order valence-corrected chi connectivity index (χ3v) is 12.4. The maximum atomic E-state index is 16.0. The average molecular weight is 763 g/mol. The summed E-state index contributed by atoms with van der Waals surface area (Å²) < 4.78 is 60.3. The Morgan fingerprint density at radius 2 is 1.58 bits per heavy atom. The predicted octanol–water partition coefficient (Wildman–Crippen LogP) is 1.91. The molecule has 0 bridgehead atoms. The molecule has 5 rings (SSSR count). The van der Waals surface area contributed by atoms with Gasteiger partial charge in [-0.05, 0) is 115 Å². The van der Waals surface area contributed by atoms with Crippen molar-refractivity contribution < 1.29 is 26.8 Å². The molecule has 2 aliphatic heterocycles. The van der Waals surface area contributed by atoms with Crippen LogP contribution in [0.2, 0.25) is 0 Å². The number of amides is 2. The smallest absolute Gasteiger partial charge is 0.292 e. The molecule has 0 unspecified atom stereocenters. The fourth-order valence-electron chi connectivity index (χ4n) is 7.46. The van der Waals surface area contributed by atoms with Gasteiger partial charge in [0.05, 0.1) is 4.90 Å². The second kappa shape index (κ2) is 18.3. The van der Waals surface area contributed by atoms with Crippen LogP contribution in [-0.2, 0) is 25.5 Å². The van der Waals surface area contributed by atoms with Crippen molar-refractivity contribution in [3.8, 4) is 0 Å². The minimum absolute atomic E-state index is 0.0551. The van der Waals surface area contributed by atoms with Crippen molar-refractivity contribution in [2.24, 2.45) is 23.1 Å². The van der Waals surface area contributed by atoms with Gasteiger partial charge in [-0.2, -0.15) is 13.1 Å². The number of aryl methyl sites for hydroxylation is 1. The van der Waals surface area contributed by atoms with Crippen LogP contribution in [-0.4, -0.2) is 117 Å². The Morgan fingerprint density at radius 1 is 0.962 bits per heavy atom. The molecule has 294 valence electrons. The van der Waals surface area contributed by atoms with Crippen LogP contribution in [0.5, 0.6) is 0 Å². The van der Waals surface area contributed by atoms with E-state index in [2.05, 4.69) is 20.2 Å². The molecule has 1 atom stereocenters. The predicted molar refractivity (Wildman–Crippen MR) is 200 cm³/mol. The first-order valence-electron chi connectivity index (χ1n) is 18.9. The summed E-state index contributed by atoms with van der Waals surface area (Å²) in [5.41, 5.74) is 17.9. The Labute approximate surface area is 311 Å². The molecule has 1 aliphatic carbocycles. The summed E-state index contributed by atoms with van der Waals surface area (Å²) in [5, 5.41) is 3.05. The van der Waals surface area contributed by atoms with Gasteiger partial charge in [0.1, 0.15) is 5.69 Å². The largest absolute Gasteiger partial charge is 0.353 e. The number of sulfonamides is 1. The van der Waals surface area contributed by atoms with Crippen LogP contribution in [0.1, 0.15) is 69.2 Å². The van der Waals surface area contributed by atoms with E-state index >= 15 is 8.78 Å². The highest BCUT2D eigenvalue weighted by molar-refractivity contribution is 7.89. The van der Waals surface area contributed by atoms with Crippen molar-refractivity contribution in [1.82, 2.24) is 24.5 Å². The molecule has 14 nitrogen and oxygen atoms in total. The van der Waals surface area contributed by atoms with Gasteiger partial charge < -0.3 is 37.2 Å². The third kappa shape index (κ3) is 10.5. The lowest BCUT2D eigenvalue weighted by Crippen LogP contribution is -2.49. The quantitative estimate of drug-likeness (QED) is 0.184. The van der Waals surface area contributed by atoms with Gasteiger partial charge >= 0.3 is 0 Å². The fraction of sp³-hybridized carbons (Fsp3) is 0.667. The molecule has 17 heteroatoms. The van der Waals surface area contributed by atoms with Crippen LogP contribution in [0.4, 0.5) is 20.4 Å². The van der Waals surface area contributed by atoms with E-state index < -0.39 is 21.9 Å². The minimum Gasteiger partial charge on any atom is -0.353 e. The first kappa shape index (κ1) is 40.8. The van der Waals surface area contributed by atoms with E-state index in [1.54, 1.807) is 28.9 Å². The van der Waals surface area contributed by atoms with Crippen molar-refractivity contribution in [2.75, 3.05) is 75.2 Å². The number of anilines is 2. The number of halogens is 2. The van der Waals surface area contributed by atoms with Gasteiger partial charge in [0.25, 0.3) is 5.92 Å². The Bertz CT molecular complexity index is 1630. The number of alkyl halides is 2. The van der Waals surface area contributed by atoms with Gasteiger partial charge in [0.2, 0.25) is 27.8 Å². The molecule has 3 fully saturated rings. The van der Waals surface area contributed by atoms with E-state index in [0.29, 0.717) is 56.7 Å². The van der Waals surface area contributed by atoms with Gasteiger partial charge in [-0.1, -0.05) is 0 Å². The van der Waals surface area contributed by atoms with Crippen molar-refractivity contribution >= 4 is 33.5 Å². The molecule has 1 saturated carbocycles. The van der Waals surface area contributed by atoms with Crippen LogP contribution in [0, 0.1) is 12.8 Å². The molecule has 0 spiro atoms. The van der Waals surface area contributed by atoms with Gasteiger partial charge in [-0.3, -0.25) is 9.59 Å². The van der Waals surface area contributed by atoms with Crippen molar-refractivity contribution in [2.45, 2.75) is 87.6 Å². The highest BCUT2D eigenvalue weighted by atomic mass is 32.2. The van der Waals surface area contributed by atoms with Crippen LogP contribution < -0.4 is 32.3 Å². The zero-order valence-corrected chi connectivity index (χ0v) is 31.6. The van der Waals surface area contributed by atoms with Crippen LogP contribution in [0.3, 0.4) is 0 Å². The lowest BCUT2D eigenvalue weighted by atomic mass is 9.81. The van der Waals surface area contributed by atoms with Crippen molar-refractivity contribution in [3.63, 3.8) is 0 Å². The Morgan fingerprint density at radius 3 is 2.17 bits per heavy atom. The number of carbonyl (C=O) groups is 2. The van der Waals surface area contributed by atoms with Crippen molar-refractivity contribution in [3.05, 3.63) is 41.7 Å². The molecule has 3 aliphatic rings. The summed E-state index contributed by atoms with van der Waals surface area (Å²) in [5.74, 6) is -4.12. The molecule has 2 saturated heterocycles. The SMILES string of the molecule is Cc1cc(C(F)(F)C2CCC(NC(=O)CCCN(CCCN)CCCN)CC2)nc(N2CCN(S(=O)(=O)c3ccc(N4C[C@H](N)CC4=O)cc3)CC2)n1. The average Bonchev–Trinajstić information content (AvgIpc) is 3.49. The number of hydrogen-bond donors (Lipinski definition) is 4. The highest BCUT2D eigenvalue weighted by Crippen LogP contribution is 2.43. The number of nitrogens with zero attached hydrogens (tertiary/aromatic N) is 6. The third-order valence-electron chi connectivity index (χ3n) is 10.5. The number of piperazine rings is 1. The molecular formula is C36H56F2N10O4S. The molecule has 2 amide bonds. The number of rotatable bonds is 17. The molecule has 2 aromatic rings. The van der Waals surface area contributed by atoms with Crippen LogP contribution >= 0.6 is 0 Å². The number of aromatic nitrogens is 2. The van der Waals surface area contributed by atoms with Gasteiger partial charge in [-0.25, -0.2) is 18.4 Å². The zero-order chi connectivity index (χ0) is 38.2. The Balaban J connectivity index is 1.11. The standard InChI is InChI=1S/C36H56F2N10O4S/c1-26-23-32(36(37,38)27-6-8-29(9-7-27)43-33(49)5-2-16-45(17-3-14-39)18-4-15-40)44-35(42-26)46-19-21-47(22-20-46)53(51,52)31-12-10-30(11-13-31)48-25-28(41)24-34(48)50/h10-13,23,27-29H,2-9,14-22,24-25,39-41H2,1H3,(H,43,49)/t27?,28-,29?/m1/s1. The first-order chi connectivity index (χ1) is 25.3. The normalized spacial score (nSPS) is 21.8. The summed E-state index contributed by atoms with van der Waals surface area (Å²) in [7, 11) is -3.83.